The molecule has 2 bridgehead atoms. The predicted molar refractivity (Wildman–Crippen MR) is 192 cm³/mol. The van der Waals surface area contributed by atoms with E-state index < -0.39 is 9.71 Å². The maximum absolute atomic E-state index is 13.8. The standard InChI is InChI=1S/C38H50ClN3O4S/c1-26-7-4-9-35(45-20-19-41-17-6-18-41)32-13-10-30(32)23-42-24-38(16-5-8-28-21-31(39)12-14-33(28)38)25-46-36-15-11-29(22-34(36)42)37(43)40-47(3,44)27(26)2/h4,9,11-12,14-15,21-22,26-27,30,32,35H,3,5-8,10,13,16-20,23-25H2,1-2H3,(H,40,43,44)/b9-4+/t26-,27+,30-,32+,35-,38-,47?/m0/s1. The molecule has 2 fully saturated rings. The Morgan fingerprint density at radius 3 is 2.77 bits per heavy atom. The van der Waals surface area contributed by atoms with E-state index in [0.29, 0.717) is 24.0 Å². The number of hydrogen-bond donors (Lipinski definition) is 1. The van der Waals surface area contributed by atoms with Gasteiger partial charge in [0.1, 0.15) is 5.75 Å². The summed E-state index contributed by atoms with van der Waals surface area (Å²) in [6.07, 6.45) is 12.0. The summed E-state index contributed by atoms with van der Waals surface area (Å²) in [6, 6.07) is 12.0. The number of halogens is 1. The molecule has 1 saturated heterocycles. The van der Waals surface area contributed by atoms with Crippen LogP contribution in [0, 0.1) is 17.8 Å². The van der Waals surface area contributed by atoms with Crippen LogP contribution in [0.4, 0.5) is 5.69 Å². The van der Waals surface area contributed by atoms with Crippen molar-refractivity contribution in [2.75, 3.05) is 50.8 Å². The smallest absolute Gasteiger partial charge is 0.262 e. The molecular weight excluding hydrogens is 630 g/mol. The SMILES string of the molecule is C=S1(=O)NC(=O)c2ccc3c(c2)N(C[C@@H]2CC[C@H]2[C@@H](OCCN2CCC2)/C=C/C[C@H](C)[C@H]1C)C[C@@]1(CCCc2cc(Cl)ccc21)CO3. The molecule has 0 aromatic heterocycles. The van der Waals surface area contributed by atoms with Gasteiger partial charge in [-0.3, -0.25) is 9.52 Å². The summed E-state index contributed by atoms with van der Waals surface area (Å²) in [6.45, 7) is 10.3. The fraction of sp³-hybridized carbons (Fsp3) is 0.579. The van der Waals surface area contributed by atoms with Gasteiger partial charge in [-0.05, 0) is 130 Å². The van der Waals surface area contributed by atoms with Crippen molar-refractivity contribution in [2.45, 2.75) is 75.6 Å². The third-order valence-corrected chi connectivity index (χ3v) is 14.3. The number of amides is 1. The lowest BCUT2D eigenvalue weighted by molar-refractivity contribution is -0.0253. The summed E-state index contributed by atoms with van der Waals surface area (Å²) in [7, 11) is -2.90. The van der Waals surface area contributed by atoms with E-state index in [4.69, 9.17) is 21.1 Å². The number of nitrogens with zero attached hydrogens (tertiary/aromatic N) is 2. The van der Waals surface area contributed by atoms with Crippen LogP contribution in [0.3, 0.4) is 0 Å². The Hall–Kier alpha value is -2.52. The molecule has 2 aliphatic carbocycles. The van der Waals surface area contributed by atoms with Gasteiger partial charge in [0.2, 0.25) is 0 Å². The van der Waals surface area contributed by atoms with Crippen LogP contribution in [-0.2, 0) is 26.3 Å². The molecule has 9 heteroatoms. The number of carbonyl (C=O) groups is 1. The summed E-state index contributed by atoms with van der Waals surface area (Å²) >= 11 is 6.47. The van der Waals surface area contributed by atoms with Crippen molar-refractivity contribution in [1.82, 2.24) is 9.62 Å². The number of carbonyl (C=O) groups excluding carboxylic acids is 1. The Bertz CT molecular complexity index is 1620. The summed E-state index contributed by atoms with van der Waals surface area (Å²) in [4.78, 5) is 18.6. The van der Waals surface area contributed by atoms with Crippen LogP contribution in [-0.4, -0.2) is 78.2 Å². The number of fused-ring (bicyclic) bond motifs is 4. The number of likely N-dealkylation sites (tertiary alicyclic amines) is 1. The first-order valence-electron chi connectivity index (χ1n) is 17.6. The Morgan fingerprint density at radius 2 is 2.00 bits per heavy atom. The molecule has 3 heterocycles. The number of nitrogens with one attached hydrogen (secondary N) is 1. The molecule has 3 aliphatic heterocycles. The second-order valence-corrected chi connectivity index (χ2v) is 17.7. The van der Waals surface area contributed by atoms with Crippen molar-refractivity contribution in [3.05, 3.63) is 70.3 Å². The molecule has 47 heavy (non-hydrogen) atoms. The normalized spacial score (nSPS) is 34.9. The van der Waals surface area contributed by atoms with E-state index in [1.165, 1.54) is 30.6 Å². The molecule has 1 unspecified atom stereocenters. The zero-order chi connectivity index (χ0) is 32.8. The van der Waals surface area contributed by atoms with Gasteiger partial charge in [0.15, 0.2) is 0 Å². The molecule has 2 aromatic rings. The fourth-order valence-electron chi connectivity index (χ4n) is 8.34. The zero-order valence-electron chi connectivity index (χ0n) is 27.9. The van der Waals surface area contributed by atoms with Gasteiger partial charge in [-0.1, -0.05) is 36.7 Å². The van der Waals surface area contributed by atoms with Crippen LogP contribution in [0.2, 0.25) is 5.02 Å². The van der Waals surface area contributed by atoms with Gasteiger partial charge in [-0.2, -0.15) is 0 Å². The molecule has 1 spiro atoms. The summed E-state index contributed by atoms with van der Waals surface area (Å²) in [5.41, 5.74) is 3.84. The largest absolute Gasteiger partial charge is 0.490 e. The second kappa shape index (κ2) is 13.4. The van der Waals surface area contributed by atoms with Crippen LogP contribution in [0.25, 0.3) is 0 Å². The molecule has 254 valence electrons. The summed E-state index contributed by atoms with van der Waals surface area (Å²) < 4.78 is 30.0. The van der Waals surface area contributed by atoms with Crippen LogP contribution in [0.15, 0.2) is 48.6 Å². The molecule has 7 atom stereocenters. The Labute approximate surface area is 286 Å². The van der Waals surface area contributed by atoms with Crippen LogP contribution in [0.1, 0.15) is 73.9 Å². The zero-order valence-corrected chi connectivity index (χ0v) is 29.5. The van der Waals surface area contributed by atoms with Crippen molar-refractivity contribution in [3.63, 3.8) is 0 Å². The van der Waals surface area contributed by atoms with Crippen LogP contribution >= 0.6 is 11.6 Å². The number of aryl methyl sites for hydroxylation is 1. The highest BCUT2D eigenvalue weighted by atomic mass is 35.5. The summed E-state index contributed by atoms with van der Waals surface area (Å²) in [5.74, 6) is 5.39. The molecule has 7 rings (SSSR count). The van der Waals surface area contributed by atoms with E-state index in [0.717, 1.165) is 81.2 Å². The first-order chi connectivity index (χ1) is 22.6. The predicted octanol–water partition coefficient (Wildman–Crippen LogP) is 6.28. The van der Waals surface area contributed by atoms with Gasteiger partial charge in [0, 0.05) is 40.9 Å². The number of ether oxygens (including phenoxy) is 2. The van der Waals surface area contributed by atoms with Crippen molar-refractivity contribution in [2.24, 2.45) is 17.8 Å². The topological polar surface area (TPSA) is 71.1 Å². The minimum absolute atomic E-state index is 0.0368. The first kappa shape index (κ1) is 33.0. The van der Waals surface area contributed by atoms with E-state index in [2.05, 4.69) is 51.6 Å². The lowest BCUT2D eigenvalue weighted by atomic mass is 9.68. The van der Waals surface area contributed by atoms with Gasteiger partial charge >= 0.3 is 0 Å². The highest BCUT2D eigenvalue weighted by Crippen LogP contribution is 2.47. The van der Waals surface area contributed by atoms with Gasteiger partial charge in [-0.15, -0.1) is 0 Å². The van der Waals surface area contributed by atoms with E-state index in [-0.39, 0.29) is 28.6 Å². The van der Waals surface area contributed by atoms with E-state index in [1.54, 1.807) is 6.07 Å². The number of allylic oxidation sites excluding steroid dienone is 1. The van der Waals surface area contributed by atoms with Crippen LogP contribution < -0.4 is 14.4 Å². The van der Waals surface area contributed by atoms with Crippen molar-refractivity contribution < 1.29 is 18.5 Å². The number of benzene rings is 2. The molecule has 5 aliphatic rings. The monoisotopic (exact) mass is 679 g/mol. The lowest BCUT2D eigenvalue weighted by Gasteiger charge is -2.46. The Morgan fingerprint density at radius 1 is 1.15 bits per heavy atom. The molecule has 1 N–H and O–H groups in total. The molecule has 7 nitrogen and oxygen atoms in total. The minimum Gasteiger partial charge on any atom is -0.490 e. The molecule has 0 radical (unpaired) electrons. The average molecular weight is 680 g/mol. The maximum atomic E-state index is 13.8. The van der Waals surface area contributed by atoms with Gasteiger partial charge in [0.25, 0.3) is 5.91 Å². The van der Waals surface area contributed by atoms with Gasteiger partial charge < -0.3 is 19.3 Å². The number of rotatable bonds is 4. The quantitative estimate of drug-likeness (QED) is 0.303. The van der Waals surface area contributed by atoms with E-state index in [1.807, 2.05) is 25.1 Å². The van der Waals surface area contributed by atoms with E-state index in [9.17, 15) is 9.00 Å². The Balaban J connectivity index is 1.25. The Kier molecular flexibility index (Phi) is 9.42. The maximum Gasteiger partial charge on any atom is 0.262 e. The minimum atomic E-state index is -2.90. The highest BCUT2D eigenvalue weighted by Gasteiger charge is 2.44. The van der Waals surface area contributed by atoms with Crippen molar-refractivity contribution in [3.8, 4) is 5.75 Å². The summed E-state index contributed by atoms with van der Waals surface area (Å²) in [5, 5.41) is 0.474. The molecular formula is C38H50ClN3O4S. The number of hydrogen-bond acceptors (Lipinski definition) is 6. The highest BCUT2D eigenvalue weighted by molar-refractivity contribution is 7.99. The van der Waals surface area contributed by atoms with Gasteiger partial charge in [-0.25, -0.2) is 4.21 Å². The third-order valence-electron chi connectivity index (χ3n) is 11.8. The van der Waals surface area contributed by atoms with Crippen LogP contribution in [0.5, 0.6) is 5.75 Å². The van der Waals surface area contributed by atoms with E-state index >= 15 is 0 Å². The second-order valence-electron chi connectivity index (χ2n) is 14.8. The average Bonchev–Trinajstić information content (AvgIpc) is 3.16. The third kappa shape index (κ3) is 6.72. The lowest BCUT2D eigenvalue weighted by Crippen LogP contribution is -2.50. The van der Waals surface area contributed by atoms with Crippen molar-refractivity contribution >= 4 is 38.8 Å². The number of anilines is 1. The molecule has 1 amide bonds. The molecule has 1 saturated carbocycles. The van der Waals surface area contributed by atoms with Gasteiger partial charge in [0.05, 0.1) is 34.7 Å². The molecule has 2 aromatic carbocycles. The first-order valence-corrected chi connectivity index (χ1v) is 19.8. The van der Waals surface area contributed by atoms with Crippen molar-refractivity contribution in [1.29, 1.82) is 0 Å². The fourth-order valence-corrected chi connectivity index (χ4v) is 10.0.